The van der Waals surface area contributed by atoms with Crippen LogP contribution in [0.3, 0.4) is 0 Å². The Labute approximate surface area is 169 Å². The summed E-state index contributed by atoms with van der Waals surface area (Å²) in [6, 6.07) is 21.1. The minimum absolute atomic E-state index is 0.0535. The van der Waals surface area contributed by atoms with E-state index in [-0.39, 0.29) is 12.5 Å². The number of hydrogen-bond acceptors (Lipinski definition) is 4. The maximum absolute atomic E-state index is 12.1. The zero-order valence-electron chi connectivity index (χ0n) is 16.3. The second kappa shape index (κ2) is 8.10. The minimum atomic E-state index is -0.197. The van der Waals surface area contributed by atoms with Gasteiger partial charge in [-0.1, -0.05) is 18.2 Å². The van der Waals surface area contributed by atoms with Crippen molar-refractivity contribution in [2.24, 2.45) is 0 Å². The number of fused-ring (bicyclic) bond motifs is 1. The normalized spacial score (nSPS) is 10.7. The summed E-state index contributed by atoms with van der Waals surface area (Å²) in [6.07, 6.45) is 1.76. The molecule has 5 nitrogen and oxygen atoms in total. The fourth-order valence-electron chi connectivity index (χ4n) is 2.98. The third-order valence-electron chi connectivity index (χ3n) is 4.76. The van der Waals surface area contributed by atoms with Gasteiger partial charge in [0, 0.05) is 11.3 Å². The number of benzene rings is 3. The van der Waals surface area contributed by atoms with E-state index in [0.29, 0.717) is 5.75 Å². The highest BCUT2D eigenvalue weighted by atomic mass is 16.5. The van der Waals surface area contributed by atoms with E-state index in [1.807, 2.05) is 80.6 Å². The molecule has 5 heteroatoms. The lowest BCUT2D eigenvalue weighted by atomic mass is 10.1. The summed E-state index contributed by atoms with van der Waals surface area (Å²) in [4.78, 5) is 21.2. The molecule has 0 bridgehead atoms. The molecule has 4 rings (SSSR count). The third-order valence-corrected chi connectivity index (χ3v) is 4.76. The molecule has 1 aromatic heterocycles. The van der Waals surface area contributed by atoms with Gasteiger partial charge in [-0.25, -0.2) is 4.98 Å². The van der Waals surface area contributed by atoms with Crippen LogP contribution in [0.1, 0.15) is 11.1 Å². The molecule has 144 valence electrons. The molecule has 0 saturated carbocycles. The topological polar surface area (TPSA) is 64.1 Å². The molecule has 1 amide bonds. The van der Waals surface area contributed by atoms with Crippen molar-refractivity contribution in [2.75, 3.05) is 11.9 Å². The molecule has 0 radical (unpaired) electrons. The predicted octanol–water partition coefficient (Wildman–Crippen LogP) is 4.93. The first kappa shape index (κ1) is 18.6. The van der Waals surface area contributed by atoms with Gasteiger partial charge < -0.3 is 10.1 Å². The van der Waals surface area contributed by atoms with Gasteiger partial charge in [0.05, 0.1) is 22.9 Å². The average Bonchev–Trinajstić information content (AvgIpc) is 2.75. The molecule has 0 aliphatic rings. The Morgan fingerprint density at radius 1 is 0.931 bits per heavy atom. The minimum Gasteiger partial charge on any atom is -0.484 e. The average molecular weight is 383 g/mol. The van der Waals surface area contributed by atoms with E-state index in [9.17, 15) is 4.79 Å². The van der Waals surface area contributed by atoms with Crippen molar-refractivity contribution >= 4 is 22.6 Å². The molecule has 0 atom stereocenters. The summed E-state index contributed by atoms with van der Waals surface area (Å²) < 4.78 is 5.61. The number of rotatable bonds is 5. The molecule has 3 aromatic carbocycles. The molecule has 0 aliphatic heterocycles. The number of anilines is 1. The molecule has 1 heterocycles. The standard InChI is InChI=1S/C24H21N3O2/c1-16-7-10-19(13-17(16)2)26-24(28)15-29-20-11-8-18(9-12-20)23-14-25-21-5-3-4-6-22(21)27-23/h3-14H,15H2,1-2H3,(H,26,28). The summed E-state index contributed by atoms with van der Waals surface area (Å²) in [6.45, 7) is 4.00. The van der Waals surface area contributed by atoms with Crippen LogP contribution < -0.4 is 10.1 Å². The Kier molecular flexibility index (Phi) is 5.20. The van der Waals surface area contributed by atoms with Crippen LogP contribution in [0.2, 0.25) is 0 Å². The Balaban J connectivity index is 1.38. The Bertz CT molecular complexity index is 1170. The SMILES string of the molecule is Cc1ccc(NC(=O)COc2ccc(-c3cnc4ccccc4n3)cc2)cc1C. The first-order valence-corrected chi connectivity index (χ1v) is 9.40. The maximum atomic E-state index is 12.1. The van der Waals surface area contributed by atoms with E-state index in [2.05, 4.69) is 15.3 Å². The highest BCUT2D eigenvalue weighted by Gasteiger charge is 2.06. The predicted molar refractivity (Wildman–Crippen MR) is 115 cm³/mol. The van der Waals surface area contributed by atoms with Crippen molar-refractivity contribution in [3.05, 3.63) is 84.1 Å². The molecule has 0 spiro atoms. The number of ether oxygens (including phenoxy) is 1. The van der Waals surface area contributed by atoms with Crippen LogP contribution in [0.25, 0.3) is 22.3 Å². The van der Waals surface area contributed by atoms with Crippen LogP contribution >= 0.6 is 0 Å². The number of carbonyl (C=O) groups excluding carboxylic acids is 1. The third kappa shape index (κ3) is 4.41. The van der Waals surface area contributed by atoms with Gasteiger partial charge in [-0.3, -0.25) is 9.78 Å². The van der Waals surface area contributed by atoms with Crippen LogP contribution in [0.4, 0.5) is 5.69 Å². The molecule has 0 fully saturated rings. The zero-order chi connectivity index (χ0) is 20.2. The molecule has 0 saturated heterocycles. The Morgan fingerprint density at radius 3 is 2.45 bits per heavy atom. The van der Waals surface area contributed by atoms with Gasteiger partial charge in [-0.15, -0.1) is 0 Å². The van der Waals surface area contributed by atoms with Gasteiger partial charge in [0.2, 0.25) is 0 Å². The van der Waals surface area contributed by atoms with Crippen molar-refractivity contribution in [3.63, 3.8) is 0 Å². The molecule has 4 aromatic rings. The quantitative estimate of drug-likeness (QED) is 0.531. The first-order chi connectivity index (χ1) is 14.1. The van der Waals surface area contributed by atoms with E-state index in [1.165, 1.54) is 5.56 Å². The number of carbonyl (C=O) groups is 1. The van der Waals surface area contributed by atoms with Crippen LogP contribution in [0.5, 0.6) is 5.75 Å². The number of nitrogens with zero attached hydrogens (tertiary/aromatic N) is 2. The highest BCUT2D eigenvalue weighted by molar-refractivity contribution is 5.92. The van der Waals surface area contributed by atoms with Gasteiger partial charge in [0.25, 0.3) is 5.91 Å². The van der Waals surface area contributed by atoms with E-state index < -0.39 is 0 Å². The molecule has 0 unspecified atom stereocenters. The molecule has 1 N–H and O–H groups in total. The van der Waals surface area contributed by atoms with Crippen LogP contribution in [-0.2, 0) is 4.79 Å². The maximum Gasteiger partial charge on any atom is 0.262 e. The van der Waals surface area contributed by atoms with Crippen molar-refractivity contribution in [3.8, 4) is 17.0 Å². The van der Waals surface area contributed by atoms with E-state index in [1.54, 1.807) is 6.20 Å². The summed E-state index contributed by atoms with van der Waals surface area (Å²) >= 11 is 0. The van der Waals surface area contributed by atoms with Gasteiger partial charge >= 0.3 is 0 Å². The van der Waals surface area contributed by atoms with E-state index in [0.717, 1.165) is 33.5 Å². The number of hydrogen-bond donors (Lipinski definition) is 1. The lowest BCUT2D eigenvalue weighted by molar-refractivity contribution is -0.118. The lowest BCUT2D eigenvalue weighted by Gasteiger charge is -2.09. The molecule has 29 heavy (non-hydrogen) atoms. The van der Waals surface area contributed by atoms with Gasteiger partial charge in [0.1, 0.15) is 5.75 Å². The smallest absolute Gasteiger partial charge is 0.262 e. The summed E-state index contributed by atoms with van der Waals surface area (Å²) in [5.41, 5.74) is 6.55. The largest absolute Gasteiger partial charge is 0.484 e. The number of nitrogens with one attached hydrogen (secondary N) is 1. The van der Waals surface area contributed by atoms with Crippen LogP contribution in [0.15, 0.2) is 72.9 Å². The van der Waals surface area contributed by atoms with E-state index in [4.69, 9.17) is 4.74 Å². The molecular formula is C24H21N3O2. The van der Waals surface area contributed by atoms with Crippen molar-refractivity contribution in [2.45, 2.75) is 13.8 Å². The van der Waals surface area contributed by atoms with Gasteiger partial charge in [0.15, 0.2) is 6.61 Å². The van der Waals surface area contributed by atoms with Gasteiger partial charge in [-0.05, 0) is 73.5 Å². The van der Waals surface area contributed by atoms with Crippen molar-refractivity contribution < 1.29 is 9.53 Å². The van der Waals surface area contributed by atoms with Crippen LogP contribution in [-0.4, -0.2) is 22.5 Å². The second-order valence-electron chi connectivity index (χ2n) is 6.90. The van der Waals surface area contributed by atoms with Crippen molar-refractivity contribution in [1.82, 2.24) is 9.97 Å². The fourth-order valence-corrected chi connectivity index (χ4v) is 2.98. The zero-order valence-corrected chi connectivity index (χ0v) is 16.3. The molecular weight excluding hydrogens is 362 g/mol. The highest BCUT2D eigenvalue weighted by Crippen LogP contribution is 2.22. The summed E-state index contributed by atoms with van der Waals surface area (Å²) in [5, 5.41) is 2.85. The number of aryl methyl sites for hydroxylation is 2. The Morgan fingerprint density at radius 2 is 1.69 bits per heavy atom. The molecule has 0 aliphatic carbocycles. The summed E-state index contributed by atoms with van der Waals surface area (Å²) in [7, 11) is 0. The number of para-hydroxylation sites is 2. The first-order valence-electron chi connectivity index (χ1n) is 9.40. The van der Waals surface area contributed by atoms with Crippen molar-refractivity contribution in [1.29, 1.82) is 0 Å². The lowest BCUT2D eigenvalue weighted by Crippen LogP contribution is -2.20. The fraction of sp³-hybridized carbons (Fsp3) is 0.125. The van der Waals surface area contributed by atoms with Crippen LogP contribution in [0, 0.1) is 13.8 Å². The number of aromatic nitrogens is 2. The Hall–Kier alpha value is -3.73. The second-order valence-corrected chi connectivity index (χ2v) is 6.90. The van der Waals surface area contributed by atoms with Gasteiger partial charge in [-0.2, -0.15) is 0 Å². The summed E-state index contributed by atoms with van der Waals surface area (Å²) in [5.74, 6) is 0.426. The number of amides is 1. The monoisotopic (exact) mass is 383 g/mol. The van der Waals surface area contributed by atoms with E-state index >= 15 is 0 Å².